The first kappa shape index (κ1) is 18.0. The zero-order valence-electron chi connectivity index (χ0n) is 13.4. The van der Waals surface area contributed by atoms with Crippen molar-refractivity contribution in [1.29, 1.82) is 5.26 Å². The Labute approximate surface area is 133 Å². The fraction of sp³-hybridized carbons (Fsp3) is 0.500. The van der Waals surface area contributed by atoms with Crippen LogP contribution in [0.2, 0.25) is 0 Å². The van der Waals surface area contributed by atoms with Crippen molar-refractivity contribution in [3.63, 3.8) is 0 Å². The van der Waals surface area contributed by atoms with Crippen molar-refractivity contribution < 1.29 is 4.79 Å². The molecule has 0 aliphatic carbocycles. The van der Waals surface area contributed by atoms with Crippen molar-refractivity contribution in [3.05, 3.63) is 28.8 Å². The van der Waals surface area contributed by atoms with E-state index in [-0.39, 0.29) is 11.6 Å². The molecule has 5 heteroatoms. The number of nitrogens with zero attached hydrogens (tertiary/aromatic N) is 1. The van der Waals surface area contributed by atoms with E-state index in [0.29, 0.717) is 5.56 Å². The maximum absolute atomic E-state index is 12.6. The second kappa shape index (κ2) is 7.29. The summed E-state index contributed by atoms with van der Waals surface area (Å²) in [4.78, 5) is 12.6. The van der Waals surface area contributed by atoms with Crippen LogP contribution in [0.5, 0.6) is 0 Å². The van der Waals surface area contributed by atoms with Crippen LogP contribution in [0.25, 0.3) is 0 Å². The van der Waals surface area contributed by atoms with Crippen LogP contribution in [0.3, 0.4) is 0 Å². The second-order valence-corrected chi connectivity index (χ2v) is 12.1. The van der Waals surface area contributed by atoms with Gasteiger partial charge in [0.05, 0.1) is 11.6 Å². The summed E-state index contributed by atoms with van der Waals surface area (Å²) in [7, 11) is 0. The van der Waals surface area contributed by atoms with Crippen LogP contribution in [0.15, 0.2) is 12.1 Å². The quantitative estimate of drug-likeness (QED) is 0.658. The first-order valence-corrected chi connectivity index (χ1v) is 10.8. The van der Waals surface area contributed by atoms with E-state index in [1.54, 1.807) is 12.1 Å². The van der Waals surface area contributed by atoms with E-state index >= 15 is 0 Å². The SMILES string of the molecule is CCCC(C(=O)Nc1c(C)cc(C#N)cc1C)[P+](C)(C)[S-]. The largest absolute Gasteiger partial charge is 0.556 e. The zero-order valence-corrected chi connectivity index (χ0v) is 15.1. The molecule has 21 heavy (non-hydrogen) atoms. The molecule has 0 bridgehead atoms. The van der Waals surface area contributed by atoms with Gasteiger partial charge in [0.15, 0.2) is 0 Å². The highest BCUT2D eigenvalue weighted by Gasteiger charge is 2.31. The Morgan fingerprint density at radius 2 is 1.90 bits per heavy atom. The van der Waals surface area contributed by atoms with Crippen LogP contribution in [0.1, 0.15) is 36.5 Å². The lowest BCUT2D eigenvalue weighted by atomic mass is 10.0. The molecule has 3 nitrogen and oxygen atoms in total. The Bertz CT molecular complexity index is 550. The van der Waals surface area contributed by atoms with Crippen molar-refractivity contribution in [3.8, 4) is 6.07 Å². The maximum atomic E-state index is 12.6. The summed E-state index contributed by atoms with van der Waals surface area (Å²) >= 11 is 5.58. The molecule has 1 rings (SSSR count). The van der Waals surface area contributed by atoms with Crippen molar-refractivity contribution in [1.82, 2.24) is 0 Å². The number of hydrogen-bond acceptors (Lipinski definition) is 3. The summed E-state index contributed by atoms with van der Waals surface area (Å²) in [6, 6.07) is 5.73. The predicted molar refractivity (Wildman–Crippen MR) is 94.1 cm³/mol. The normalized spacial score (nSPS) is 12.6. The molecule has 114 valence electrons. The molecule has 0 heterocycles. The molecule has 0 saturated heterocycles. The second-order valence-electron chi connectivity index (χ2n) is 5.82. The molecule has 0 aromatic heterocycles. The lowest BCUT2D eigenvalue weighted by molar-refractivity contribution is -0.115. The van der Waals surface area contributed by atoms with E-state index in [2.05, 4.69) is 18.3 Å². The first-order chi connectivity index (χ1) is 9.70. The van der Waals surface area contributed by atoms with Gasteiger partial charge in [0.2, 0.25) is 0 Å². The summed E-state index contributed by atoms with van der Waals surface area (Å²) in [5, 5.41) is 12.0. The van der Waals surface area contributed by atoms with E-state index in [1.165, 1.54) is 0 Å². The number of nitriles is 1. The van der Waals surface area contributed by atoms with Crippen LogP contribution in [-0.4, -0.2) is 24.9 Å². The highest BCUT2D eigenvalue weighted by atomic mass is 32.7. The van der Waals surface area contributed by atoms with E-state index in [4.69, 9.17) is 17.5 Å². The van der Waals surface area contributed by atoms with Crippen molar-refractivity contribution in [2.45, 2.75) is 39.3 Å². The lowest BCUT2D eigenvalue weighted by Gasteiger charge is -2.32. The van der Waals surface area contributed by atoms with Crippen molar-refractivity contribution in [2.75, 3.05) is 18.6 Å². The van der Waals surface area contributed by atoms with Gasteiger partial charge in [-0.25, -0.2) is 0 Å². The number of benzene rings is 1. The monoisotopic (exact) mass is 322 g/mol. The van der Waals surface area contributed by atoms with Gasteiger partial charge >= 0.3 is 0 Å². The van der Waals surface area contributed by atoms with E-state index < -0.39 is 6.46 Å². The van der Waals surface area contributed by atoms with Gasteiger partial charge in [-0.3, -0.25) is 4.79 Å². The third-order valence-corrected chi connectivity index (χ3v) is 6.28. The van der Waals surface area contributed by atoms with Gasteiger partial charge in [-0.05, 0) is 43.5 Å². The molecule has 0 radical (unpaired) electrons. The van der Waals surface area contributed by atoms with Gasteiger partial charge in [0, 0.05) is 19.0 Å². The highest BCUT2D eigenvalue weighted by Crippen LogP contribution is 2.55. The Hall–Kier alpha value is -1.04. The Morgan fingerprint density at radius 1 is 1.38 bits per heavy atom. The molecular weight excluding hydrogens is 299 g/mol. The molecular formula is C16H23N2OPS. The fourth-order valence-electron chi connectivity index (χ4n) is 2.43. The van der Waals surface area contributed by atoms with E-state index in [1.807, 2.05) is 27.2 Å². The summed E-state index contributed by atoms with van der Waals surface area (Å²) in [5.74, 6) is 0.0149. The average Bonchev–Trinajstić information content (AvgIpc) is 2.38. The summed E-state index contributed by atoms with van der Waals surface area (Å²) in [6.07, 6.45) is 1.77. The third kappa shape index (κ3) is 4.73. The smallest absolute Gasteiger partial charge is 0.263 e. The maximum Gasteiger partial charge on any atom is 0.263 e. The zero-order chi connectivity index (χ0) is 16.2. The molecule has 1 N–H and O–H groups in total. The van der Waals surface area contributed by atoms with Crippen LogP contribution in [0.4, 0.5) is 5.69 Å². The summed E-state index contributed by atoms with van der Waals surface area (Å²) < 4.78 is 0. The van der Waals surface area contributed by atoms with E-state index in [0.717, 1.165) is 29.7 Å². The van der Waals surface area contributed by atoms with Crippen LogP contribution in [-0.2, 0) is 17.0 Å². The summed E-state index contributed by atoms with van der Waals surface area (Å²) in [6.45, 7) is 8.29. The van der Waals surface area contributed by atoms with Gasteiger partial charge in [0.25, 0.3) is 5.91 Å². The Morgan fingerprint density at radius 3 is 2.29 bits per heavy atom. The molecule has 0 spiro atoms. The van der Waals surface area contributed by atoms with Crippen LogP contribution < -0.4 is 5.32 Å². The minimum Gasteiger partial charge on any atom is -0.556 e. The number of carbonyl (C=O) groups is 1. The molecule has 1 aromatic carbocycles. The standard InChI is InChI=1S/C16H23N2OPS/c1-6-7-14(20(4,5)21)16(19)18-15-11(2)8-13(10-17)9-12(15)3/h8-9,14H,6-7H2,1-5H3,(H,18,19). The lowest BCUT2D eigenvalue weighted by Crippen LogP contribution is -2.29. The molecule has 0 fully saturated rings. The number of carbonyl (C=O) groups excluding carboxylic acids is 1. The molecule has 1 atom stereocenters. The van der Waals surface area contributed by atoms with Gasteiger partial charge in [-0.15, -0.1) is 6.46 Å². The first-order valence-electron chi connectivity index (χ1n) is 7.07. The number of hydrogen-bond donors (Lipinski definition) is 1. The number of rotatable bonds is 5. The summed E-state index contributed by atoms with van der Waals surface area (Å²) in [5.41, 5.74) is 3.16. The number of nitrogens with one attached hydrogen (secondary N) is 1. The van der Waals surface area contributed by atoms with Crippen molar-refractivity contribution >= 4 is 30.3 Å². The number of aryl methyl sites for hydroxylation is 2. The fourth-order valence-corrected chi connectivity index (χ4v) is 4.54. The predicted octanol–water partition coefficient (Wildman–Crippen LogP) is 4.02. The van der Waals surface area contributed by atoms with Crippen LogP contribution >= 0.6 is 6.46 Å². The number of amides is 1. The number of anilines is 1. The average molecular weight is 322 g/mol. The molecule has 1 aromatic rings. The molecule has 0 aliphatic heterocycles. The molecule has 0 saturated carbocycles. The van der Waals surface area contributed by atoms with Gasteiger partial charge in [0.1, 0.15) is 5.66 Å². The van der Waals surface area contributed by atoms with E-state index in [9.17, 15) is 4.79 Å². The van der Waals surface area contributed by atoms with Gasteiger partial charge in [-0.2, -0.15) is 5.26 Å². The minimum atomic E-state index is -1.66. The van der Waals surface area contributed by atoms with Crippen LogP contribution in [0, 0.1) is 25.2 Å². The molecule has 0 aliphatic rings. The highest BCUT2D eigenvalue weighted by molar-refractivity contribution is 8.42. The van der Waals surface area contributed by atoms with Gasteiger partial charge in [-0.1, -0.05) is 13.3 Å². The molecule has 1 amide bonds. The third-order valence-electron chi connectivity index (χ3n) is 3.53. The topological polar surface area (TPSA) is 52.9 Å². The minimum absolute atomic E-state index is 0.0149. The van der Waals surface area contributed by atoms with Crippen molar-refractivity contribution in [2.24, 2.45) is 0 Å². The Balaban J connectivity index is 3.05. The molecule has 1 unspecified atom stereocenters. The van der Waals surface area contributed by atoms with Gasteiger partial charge < -0.3 is 17.6 Å². The Kier molecular flexibility index (Phi) is 6.25.